The summed E-state index contributed by atoms with van der Waals surface area (Å²) in [6.45, 7) is 6.72. The molecule has 0 aliphatic rings. The Labute approximate surface area is 103 Å². The fourth-order valence-electron chi connectivity index (χ4n) is 2.33. The summed E-state index contributed by atoms with van der Waals surface area (Å²) in [5, 5.41) is 0. The van der Waals surface area contributed by atoms with E-state index in [0.717, 1.165) is 12.2 Å². The van der Waals surface area contributed by atoms with Crippen molar-refractivity contribution >= 4 is 0 Å². The second-order valence-electron chi connectivity index (χ2n) is 4.86. The van der Waals surface area contributed by atoms with Crippen LogP contribution in [-0.4, -0.2) is 0 Å². The Morgan fingerprint density at radius 3 is 2.35 bits per heavy atom. The second-order valence-corrected chi connectivity index (χ2v) is 4.86. The molecule has 0 aliphatic carbocycles. The summed E-state index contributed by atoms with van der Waals surface area (Å²) in [6, 6.07) is 12.6. The summed E-state index contributed by atoms with van der Waals surface area (Å²) < 4.78 is 5.73. The number of furan rings is 1. The van der Waals surface area contributed by atoms with Crippen LogP contribution in [-0.2, 0) is 0 Å². The molecule has 90 valence electrons. The van der Waals surface area contributed by atoms with Crippen LogP contribution in [0.3, 0.4) is 0 Å². The molecule has 0 amide bonds. The average molecular weight is 228 g/mol. The van der Waals surface area contributed by atoms with E-state index < -0.39 is 0 Å². The lowest BCUT2D eigenvalue weighted by Crippen LogP contribution is -2.03. The number of benzene rings is 1. The molecular formula is C16H20O. The van der Waals surface area contributed by atoms with Gasteiger partial charge in [0.2, 0.25) is 0 Å². The molecule has 1 heteroatoms. The Kier molecular flexibility index (Phi) is 3.68. The maximum absolute atomic E-state index is 5.73. The molecule has 0 N–H and O–H groups in total. The Morgan fingerprint density at radius 2 is 1.76 bits per heavy atom. The van der Waals surface area contributed by atoms with Gasteiger partial charge in [-0.25, -0.2) is 0 Å². The fraction of sp³-hybridized carbons (Fsp3) is 0.375. The first-order valence-corrected chi connectivity index (χ1v) is 6.36. The van der Waals surface area contributed by atoms with Crippen molar-refractivity contribution in [2.45, 2.75) is 33.1 Å². The standard InChI is InChI=1S/C16H20O/c1-4-15(12(2)3)16-10-14(11-17-16)13-8-6-5-7-9-13/h5-12,15H,4H2,1-3H3/t15-/m0/s1. The van der Waals surface area contributed by atoms with Gasteiger partial charge in [0.05, 0.1) is 6.26 Å². The van der Waals surface area contributed by atoms with Gasteiger partial charge in [0.15, 0.2) is 0 Å². The van der Waals surface area contributed by atoms with Crippen LogP contribution in [0.4, 0.5) is 0 Å². The Balaban J connectivity index is 2.27. The van der Waals surface area contributed by atoms with Crippen LogP contribution in [0.5, 0.6) is 0 Å². The quantitative estimate of drug-likeness (QED) is 0.710. The molecule has 2 rings (SSSR count). The highest BCUT2D eigenvalue weighted by Crippen LogP contribution is 2.32. The molecule has 17 heavy (non-hydrogen) atoms. The largest absolute Gasteiger partial charge is 0.468 e. The van der Waals surface area contributed by atoms with Gasteiger partial charge < -0.3 is 4.42 Å². The first-order valence-electron chi connectivity index (χ1n) is 6.36. The van der Waals surface area contributed by atoms with E-state index in [9.17, 15) is 0 Å². The first kappa shape index (κ1) is 12.0. The van der Waals surface area contributed by atoms with Crippen LogP contribution < -0.4 is 0 Å². The van der Waals surface area contributed by atoms with Crippen LogP contribution in [0.1, 0.15) is 38.9 Å². The van der Waals surface area contributed by atoms with E-state index in [0.29, 0.717) is 11.8 Å². The molecule has 1 atom stereocenters. The molecule has 0 radical (unpaired) electrons. The fourth-order valence-corrected chi connectivity index (χ4v) is 2.33. The molecule has 0 spiro atoms. The van der Waals surface area contributed by atoms with Gasteiger partial charge in [-0.1, -0.05) is 51.1 Å². The summed E-state index contributed by atoms with van der Waals surface area (Å²) in [7, 11) is 0. The molecule has 0 saturated heterocycles. The zero-order valence-corrected chi connectivity index (χ0v) is 10.8. The monoisotopic (exact) mass is 228 g/mol. The summed E-state index contributed by atoms with van der Waals surface area (Å²) in [5.41, 5.74) is 2.40. The van der Waals surface area contributed by atoms with E-state index in [-0.39, 0.29) is 0 Å². The lowest BCUT2D eigenvalue weighted by molar-refractivity contribution is 0.387. The Bertz CT molecular complexity index is 453. The lowest BCUT2D eigenvalue weighted by atomic mass is 9.90. The van der Waals surface area contributed by atoms with Gasteiger partial charge in [0.25, 0.3) is 0 Å². The second kappa shape index (κ2) is 5.22. The van der Waals surface area contributed by atoms with Crippen molar-refractivity contribution in [3.05, 3.63) is 48.4 Å². The third kappa shape index (κ3) is 2.60. The molecule has 1 heterocycles. The van der Waals surface area contributed by atoms with E-state index in [2.05, 4.69) is 51.1 Å². The van der Waals surface area contributed by atoms with Crippen molar-refractivity contribution in [1.29, 1.82) is 0 Å². The van der Waals surface area contributed by atoms with Crippen LogP contribution >= 0.6 is 0 Å². The zero-order valence-electron chi connectivity index (χ0n) is 10.8. The summed E-state index contributed by atoms with van der Waals surface area (Å²) in [6.07, 6.45) is 3.00. The molecule has 0 aliphatic heterocycles. The Morgan fingerprint density at radius 1 is 1.06 bits per heavy atom. The van der Waals surface area contributed by atoms with Crippen molar-refractivity contribution in [2.75, 3.05) is 0 Å². The minimum absolute atomic E-state index is 0.521. The van der Waals surface area contributed by atoms with E-state index in [4.69, 9.17) is 4.42 Å². The number of rotatable bonds is 4. The number of hydrogen-bond donors (Lipinski definition) is 0. The van der Waals surface area contributed by atoms with Crippen LogP contribution in [0.25, 0.3) is 11.1 Å². The minimum atomic E-state index is 0.521. The van der Waals surface area contributed by atoms with Crippen LogP contribution in [0.2, 0.25) is 0 Å². The molecule has 0 unspecified atom stereocenters. The topological polar surface area (TPSA) is 13.1 Å². The lowest BCUT2D eigenvalue weighted by Gasteiger charge is -2.15. The summed E-state index contributed by atoms with van der Waals surface area (Å²) >= 11 is 0. The molecular weight excluding hydrogens is 208 g/mol. The highest BCUT2D eigenvalue weighted by Gasteiger charge is 2.17. The van der Waals surface area contributed by atoms with Crippen molar-refractivity contribution < 1.29 is 4.42 Å². The van der Waals surface area contributed by atoms with Crippen molar-refractivity contribution in [3.8, 4) is 11.1 Å². The van der Waals surface area contributed by atoms with E-state index in [1.807, 2.05) is 12.3 Å². The predicted octanol–water partition coefficient (Wildman–Crippen LogP) is 5.10. The van der Waals surface area contributed by atoms with Crippen LogP contribution in [0.15, 0.2) is 47.1 Å². The number of hydrogen-bond acceptors (Lipinski definition) is 1. The van der Waals surface area contributed by atoms with Gasteiger partial charge in [-0.3, -0.25) is 0 Å². The SMILES string of the molecule is CC[C@H](c1cc(-c2ccccc2)co1)C(C)C. The molecule has 1 nitrogen and oxygen atoms in total. The normalized spacial score (nSPS) is 12.9. The maximum atomic E-state index is 5.73. The van der Waals surface area contributed by atoms with Crippen molar-refractivity contribution in [2.24, 2.45) is 5.92 Å². The smallest absolute Gasteiger partial charge is 0.107 e. The van der Waals surface area contributed by atoms with Gasteiger partial charge in [-0.05, 0) is 24.0 Å². The molecule has 1 aromatic carbocycles. The van der Waals surface area contributed by atoms with E-state index in [1.54, 1.807) is 0 Å². The van der Waals surface area contributed by atoms with Gasteiger partial charge >= 0.3 is 0 Å². The van der Waals surface area contributed by atoms with Crippen LogP contribution in [0, 0.1) is 5.92 Å². The highest BCUT2D eigenvalue weighted by molar-refractivity contribution is 5.62. The summed E-state index contributed by atoms with van der Waals surface area (Å²) in [5.74, 6) is 2.25. The van der Waals surface area contributed by atoms with Gasteiger partial charge in [-0.15, -0.1) is 0 Å². The van der Waals surface area contributed by atoms with Gasteiger partial charge in [0, 0.05) is 11.5 Å². The molecule has 0 saturated carbocycles. The zero-order chi connectivity index (χ0) is 12.3. The summed E-state index contributed by atoms with van der Waals surface area (Å²) in [4.78, 5) is 0. The minimum Gasteiger partial charge on any atom is -0.468 e. The van der Waals surface area contributed by atoms with Gasteiger partial charge in [0.1, 0.15) is 5.76 Å². The molecule has 0 bridgehead atoms. The van der Waals surface area contributed by atoms with E-state index in [1.165, 1.54) is 11.1 Å². The molecule has 1 aromatic heterocycles. The first-order chi connectivity index (χ1) is 8.22. The average Bonchev–Trinajstić information content (AvgIpc) is 2.80. The highest BCUT2D eigenvalue weighted by atomic mass is 16.3. The third-order valence-corrected chi connectivity index (χ3v) is 3.34. The Hall–Kier alpha value is -1.50. The van der Waals surface area contributed by atoms with E-state index >= 15 is 0 Å². The molecule has 0 fully saturated rings. The molecule has 2 aromatic rings. The van der Waals surface area contributed by atoms with Crippen molar-refractivity contribution in [3.63, 3.8) is 0 Å². The van der Waals surface area contributed by atoms with Crippen molar-refractivity contribution in [1.82, 2.24) is 0 Å². The van der Waals surface area contributed by atoms with Gasteiger partial charge in [-0.2, -0.15) is 0 Å². The third-order valence-electron chi connectivity index (χ3n) is 3.34. The predicted molar refractivity (Wildman–Crippen MR) is 72.0 cm³/mol. The maximum Gasteiger partial charge on any atom is 0.107 e.